The minimum Gasteiger partial charge on any atom is -0.339 e. The van der Waals surface area contributed by atoms with Crippen LogP contribution in [0.4, 0.5) is 11.5 Å². The summed E-state index contributed by atoms with van der Waals surface area (Å²) in [5.41, 5.74) is 3.46. The van der Waals surface area contributed by atoms with Crippen molar-refractivity contribution in [3.05, 3.63) is 46.9 Å². The smallest absolute Gasteiger partial charge is 0.150 e. The predicted molar refractivity (Wildman–Crippen MR) is 66.2 cm³/mol. The van der Waals surface area contributed by atoms with Gasteiger partial charge in [0.05, 0.1) is 12.4 Å². The van der Waals surface area contributed by atoms with Gasteiger partial charge in [0.1, 0.15) is 5.15 Å². The van der Waals surface area contributed by atoms with Gasteiger partial charge in [-0.1, -0.05) is 23.7 Å². The number of aryl methyl sites for hydroxylation is 1. The average Bonchev–Trinajstić information content (AvgIpc) is 2.25. The number of aromatic nitrogens is 2. The molecule has 0 bridgehead atoms. The normalized spacial score (nSPS) is 10.2. The molecule has 0 aliphatic rings. The van der Waals surface area contributed by atoms with Gasteiger partial charge in [-0.15, -0.1) is 0 Å². The zero-order chi connectivity index (χ0) is 11.5. The molecule has 1 N–H and O–H groups in total. The van der Waals surface area contributed by atoms with Gasteiger partial charge in [0.25, 0.3) is 0 Å². The van der Waals surface area contributed by atoms with Gasteiger partial charge in [-0.2, -0.15) is 0 Å². The minimum absolute atomic E-state index is 0.385. The van der Waals surface area contributed by atoms with Crippen molar-refractivity contribution in [2.75, 3.05) is 5.32 Å². The first-order valence-electron chi connectivity index (χ1n) is 4.97. The molecule has 2 rings (SSSR count). The summed E-state index contributed by atoms with van der Waals surface area (Å²) >= 11 is 5.77. The lowest BCUT2D eigenvalue weighted by Gasteiger charge is -2.10. The van der Waals surface area contributed by atoms with E-state index in [2.05, 4.69) is 35.2 Å². The van der Waals surface area contributed by atoms with Gasteiger partial charge in [0, 0.05) is 5.69 Å². The van der Waals surface area contributed by atoms with E-state index in [0.717, 1.165) is 5.69 Å². The lowest BCUT2D eigenvalue weighted by Crippen LogP contribution is -1.97. The lowest BCUT2D eigenvalue weighted by molar-refractivity contribution is 1.19. The molecular formula is C12H12ClN3. The molecule has 0 saturated heterocycles. The van der Waals surface area contributed by atoms with E-state index in [0.29, 0.717) is 11.0 Å². The van der Waals surface area contributed by atoms with Crippen molar-refractivity contribution in [1.29, 1.82) is 0 Å². The van der Waals surface area contributed by atoms with E-state index in [1.807, 2.05) is 12.1 Å². The Morgan fingerprint density at radius 1 is 1.19 bits per heavy atom. The Hall–Kier alpha value is -1.61. The van der Waals surface area contributed by atoms with E-state index in [1.54, 1.807) is 6.20 Å². The highest BCUT2D eigenvalue weighted by molar-refractivity contribution is 6.29. The van der Waals surface area contributed by atoms with E-state index in [4.69, 9.17) is 11.6 Å². The average molecular weight is 234 g/mol. The van der Waals surface area contributed by atoms with Gasteiger partial charge in [-0.3, -0.25) is 4.98 Å². The standard InChI is InChI=1S/C12H12ClN3/c1-8-4-3-5-10(9(8)2)15-12-7-14-6-11(13)16-12/h3-7H,1-2H3,(H,15,16). The molecule has 0 spiro atoms. The maximum absolute atomic E-state index is 5.77. The molecule has 0 aliphatic carbocycles. The maximum Gasteiger partial charge on any atom is 0.150 e. The van der Waals surface area contributed by atoms with Gasteiger partial charge in [-0.25, -0.2) is 4.98 Å². The zero-order valence-electron chi connectivity index (χ0n) is 9.16. The van der Waals surface area contributed by atoms with Crippen LogP contribution < -0.4 is 5.32 Å². The number of halogens is 1. The molecule has 16 heavy (non-hydrogen) atoms. The summed E-state index contributed by atoms with van der Waals surface area (Å²) in [5, 5.41) is 3.58. The van der Waals surface area contributed by atoms with Crippen LogP contribution in [0.25, 0.3) is 0 Å². The number of hydrogen-bond donors (Lipinski definition) is 1. The Morgan fingerprint density at radius 3 is 2.75 bits per heavy atom. The van der Waals surface area contributed by atoms with E-state index >= 15 is 0 Å². The summed E-state index contributed by atoms with van der Waals surface area (Å²) in [6, 6.07) is 6.08. The van der Waals surface area contributed by atoms with Crippen LogP contribution in [-0.2, 0) is 0 Å². The fourth-order valence-electron chi connectivity index (χ4n) is 1.43. The van der Waals surface area contributed by atoms with Crippen LogP contribution in [-0.4, -0.2) is 9.97 Å². The van der Waals surface area contributed by atoms with E-state index in [1.165, 1.54) is 17.3 Å². The van der Waals surface area contributed by atoms with E-state index in [9.17, 15) is 0 Å². The number of rotatable bonds is 2. The highest BCUT2D eigenvalue weighted by Gasteiger charge is 2.02. The first-order valence-corrected chi connectivity index (χ1v) is 5.35. The fourth-order valence-corrected chi connectivity index (χ4v) is 1.57. The third-order valence-electron chi connectivity index (χ3n) is 2.47. The summed E-state index contributed by atoms with van der Waals surface area (Å²) in [4.78, 5) is 8.11. The first-order chi connectivity index (χ1) is 7.66. The third-order valence-corrected chi connectivity index (χ3v) is 2.65. The number of benzene rings is 1. The van der Waals surface area contributed by atoms with Gasteiger partial charge in [-0.05, 0) is 31.0 Å². The summed E-state index contributed by atoms with van der Waals surface area (Å²) < 4.78 is 0. The molecule has 1 aromatic heterocycles. The SMILES string of the molecule is Cc1cccc(Nc2cncc(Cl)n2)c1C. The second-order valence-corrected chi connectivity index (χ2v) is 3.99. The summed E-state index contributed by atoms with van der Waals surface area (Å²) in [6.07, 6.45) is 3.16. The Balaban J connectivity index is 2.31. The number of nitrogens with one attached hydrogen (secondary N) is 1. The van der Waals surface area contributed by atoms with Crippen molar-refractivity contribution in [2.24, 2.45) is 0 Å². The molecule has 0 fully saturated rings. The second kappa shape index (κ2) is 4.49. The molecule has 0 radical (unpaired) electrons. The maximum atomic E-state index is 5.77. The summed E-state index contributed by atoms with van der Waals surface area (Å²) in [5.74, 6) is 0.654. The molecule has 82 valence electrons. The van der Waals surface area contributed by atoms with Crippen molar-refractivity contribution in [3.63, 3.8) is 0 Å². The van der Waals surface area contributed by atoms with E-state index < -0.39 is 0 Å². The number of nitrogens with zero attached hydrogens (tertiary/aromatic N) is 2. The van der Waals surface area contributed by atoms with Crippen LogP contribution >= 0.6 is 11.6 Å². The van der Waals surface area contributed by atoms with Crippen LogP contribution in [0, 0.1) is 13.8 Å². The van der Waals surface area contributed by atoms with Crippen LogP contribution in [0.2, 0.25) is 5.15 Å². The molecule has 1 heterocycles. The molecular weight excluding hydrogens is 222 g/mol. The number of hydrogen-bond acceptors (Lipinski definition) is 3. The highest BCUT2D eigenvalue weighted by atomic mass is 35.5. The van der Waals surface area contributed by atoms with Gasteiger partial charge < -0.3 is 5.32 Å². The van der Waals surface area contributed by atoms with Crippen molar-refractivity contribution in [3.8, 4) is 0 Å². The largest absolute Gasteiger partial charge is 0.339 e. The van der Waals surface area contributed by atoms with Gasteiger partial charge in [0.15, 0.2) is 5.82 Å². The highest BCUT2D eigenvalue weighted by Crippen LogP contribution is 2.21. The zero-order valence-corrected chi connectivity index (χ0v) is 9.92. The minimum atomic E-state index is 0.385. The Labute approximate surface area is 99.5 Å². The van der Waals surface area contributed by atoms with Crippen LogP contribution in [0.1, 0.15) is 11.1 Å². The molecule has 0 amide bonds. The third kappa shape index (κ3) is 2.31. The van der Waals surface area contributed by atoms with E-state index in [-0.39, 0.29) is 0 Å². The molecule has 0 unspecified atom stereocenters. The van der Waals surface area contributed by atoms with Gasteiger partial charge >= 0.3 is 0 Å². The van der Waals surface area contributed by atoms with Crippen LogP contribution in [0.15, 0.2) is 30.6 Å². The van der Waals surface area contributed by atoms with Crippen LogP contribution in [0.3, 0.4) is 0 Å². The molecule has 2 aromatic rings. The van der Waals surface area contributed by atoms with Crippen molar-refractivity contribution in [1.82, 2.24) is 9.97 Å². The lowest BCUT2D eigenvalue weighted by atomic mass is 10.1. The van der Waals surface area contributed by atoms with Crippen molar-refractivity contribution < 1.29 is 0 Å². The van der Waals surface area contributed by atoms with Crippen LogP contribution in [0.5, 0.6) is 0 Å². The Bertz CT molecular complexity index is 511. The quantitative estimate of drug-likeness (QED) is 0.863. The molecule has 3 nitrogen and oxygen atoms in total. The topological polar surface area (TPSA) is 37.8 Å². The molecule has 0 aliphatic heterocycles. The number of anilines is 2. The van der Waals surface area contributed by atoms with Gasteiger partial charge in [0.2, 0.25) is 0 Å². The monoisotopic (exact) mass is 233 g/mol. The summed E-state index contributed by atoms with van der Waals surface area (Å²) in [6.45, 7) is 4.14. The first kappa shape index (κ1) is 10.9. The molecule has 4 heteroatoms. The predicted octanol–water partition coefficient (Wildman–Crippen LogP) is 3.49. The van der Waals surface area contributed by atoms with Crippen molar-refractivity contribution in [2.45, 2.75) is 13.8 Å². The summed E-state index contributed by atoms with van der Waals surface area (Å²) in [7, 11) is 0. The molecule has 0 saturated carbocycles. The van der Waals surface area contributed by atoms with Crippen molar-refractivity contribution >= 4 is 23.1 Å². The Kier molecular flexibility index (Phi) is 3.06. The molecule has 1 aromatic carbocycles. The fraction of sp³-hybridized carbons (Fsp3) is 0.167. The Morgan fingerprint density at radius 2 is 2.00 bits per heavy atom. The molecule has 0 atom stereocenters. The second-order valence-electron chi connectivity index (χ2n) is 3.60.